The summed E-state index contributed by atoms with van der Waals surface area (Å²) in [5.41, 5.74) is 6.97. The van der Waals surface area contributed by atoms with Crippen molar-refractivity contribution in [2.24, 2.45) is 0 Å². The van der Waals surface area contributed by atoms with E-state index in [-0.39, 0.29) is 5.91 Å². The number of carbonyl (C=O) groups excluding carboxylic acids is 1. The van der Waals surface area contributed by atoms with Gasteiger partial charge in [0.1, 0.15) is 0 Å². The molecule has 5 heteroatoms. The van der Waals surface area contributed by atoms with E-state index in [9.17, 15) is 4.79 Å². The van der Waals surface area contributed by atoms with Crippen molar-refractivity contribution in [3.05, 3.63) is 107 Å². The van der Waals surface area contributed by atoms with Crippen LogP contribution in [0.1, 0.15) is 59.5 Å². The fourth-order valence-electron chi connectivity index (χ4n) is 5.86. The number of aromatic nitrogens is 1. The van der Waals surface area contributed by atoms with Gasteiger partial charge in [-0.3, -0.25) is 14.7 Å². The fraction of sp³-hybridized carbons (Fsp3) is 0.394. The van der Waals surface area contributed by atoms with Crippen molar-refractivity contribution in [2.75, 3.05) is 39.3 Å². The van der Waals surface area contributed by atoms with Crippen LogP contribution in [0, 0.1) is 0 Å². The van der Waals surface area contributed by atoms with Crippen molar-refractivity contribution in [3.63, 3.8) is 0 Å². The minimum Gasteiger partial charge on any atom is -0.353 e. The number of nitrogens with one attached hydrogen (secondary N) is 1. The molecule has 2 aliphatic rings. The van der Waals surface area contributed by atoms with Gasteiger partial charge in [-0.1, -0.05) is 67.4 Å². The lowest BCUT2D eigenvalue weighted by Gasteiger charge is -2.40. The van der Waals surface area contributed by atoms with Gasteiger partial charge in [-0.05, 0) is 72.2 Å². The standard InChI is InChI=1S/C33H40N4O/c38-32(18-15-27-10-9-19-34-26-27)35-20-7-1-2-8-21-36-22-24-37(25-23-36)33-30-13-5-3-11-28(30)16-17-29-12-4-6-14-31(29)33/h3-6,9-15,18-19,26,33H,1-2,7-8,16-17,20-25H2,(H,35,38). The number of unbranched alkanes of at least 4 members (excludes halogenated alkanes) is 3. The summed E-state index contributed by atoms with van der Waals surface area (Å²) < 4.78 is 0. The maximum atomic E-state index is 12.0. The number of piperazine rings is 1. The third kappa shape index (κ3) is 6.97. The monoisotopic (exact) mass is 508 g/mol. The number of rotatable bonds is 10. The number of benzene rings is 2. The summed E-state index contributed by atoms with van der Waals surface area (Å²) in [6.45, 7) is 6.42. The van der Waals surface area contributed by atoms with Gasteiger partial charge in [-0.2, -0.15) is 0 Å². The first-order valence-electron chi connectivity index (χ1n) is 14.3. The highest BCUT2D eigenvalue weighted by atomic mass is 16.1. The first kappa shape index (κ1) is 26.3. The van der Waals surface area contributed by atoms with Crippen LogP contribution in [0.4, 0.5) is 0 Å². The molecule has 1 saturated heterocycles. The van der Waals surface area contributed by atoms with Crippen LogP contribution in [-0.4, -0.2) is 60.0 Å². The average molecular weight is 509 g/mol. The van der Waals surface area contributed by atoms with Crippen LogP contribution in [0.3, 0.4) is 0 Å². The van der Waals surface area contributed by atoms with Crippen molar-refractivity contribution in [3.8, 4) is 0 Å². The van der Waals surface area contributed by atoms with Crippen LogP contribution in [0.2, 0.25) is 0 Å². The number of nitrogens with zero attached hydrogens (tertiary/aromatic N) is 3. The van der Waals surface area contributed by atoms with Crippen molar-refractivity contribution in [2.45, 2.75) is 44.6 Å². The van der Waals surface area contributed by atoms with E-state index >= 15 is 0 Å². The molecule has 0 spiro atoms. The fourth-order valence-corrected chi connectivity index (χ4v) is 5.86. The molecular formula is C33H40N4O. The second-order valence-corrected chi connectivity index (χ2v) is 10.5. The number of fused-ring (bicyclic) bond motifs is 2. The zero-order chi connectivity index (χ0) is 26.0. The molecule has 2 heterocycles. The molecule has 5 nitrogen and oxygen atoms in total. The first-order chi connectivity index (χ1) is 18.8. The molecule has 38 heavy (non-hydrogen) atoms. The first-order valence-corrected chi connectivity index (χ1v) is 14.3. The zero-order valence-corrected chi connectivity index (χ0v) is 22.4. The Kier molecular flexibility index (Phi) is 9.35. The van der Waals surface area contributed by atoms with E-state index < -0.39 is 0 Å². The van der Waals surface area contributed by atoms with Crippen molar-refractivity contribution >= 4 is 12.0 Å². The maximum Gasteiger partial charge on any atom is 0.243 e. The van der Waals surface area contributed by atoms with Gasteiger partial charge in [0.25, 0.3) is 0 Å². The molecule has 1 amide bonds. The zero-order valence-electron chi connectivity index (χ0n) is 22.4. The van der Waals surface area contributed by atoms with Gasteiger partial charge in [0.05, 0.1) is 6.04 Å². The molecule has 0 saturated carbocycles. The van der Waals surface area contributed by atoms with Gasteiger partial charge >= 0.3 is 0 Å². The van der Waals surface area contributed by atoms with Crippen molar-refractivity contribution in [1.82, 2.24) is 20.1 Å². The van der Waals surface area contributed by atoms with Gasteiger partial charge in [0.2, 0.25) is 5.91 Å². The lowest BCUT2D eigenvalue weighted by atomic mass is 9.92. The Labute approximate surface area is 227 Å². The topological polar surface area (TPSA) is 48.5 Å². The SMILES string of the molecule is O=C(C=Cc1cccnc1)NCCCCCCN1CCN(C2c3ccccc3CCc3ccccc32)CC1. The smallest absolute Gasteiger partial charge is 0.243 e. The van der Waals surface area contributed by atoms with Crippen LogP contribution >= 0.6 is 0 Å². The Morgan fingerprint density at radius 2 is 1.53 bits per heavy atom. The Morgan fingerprint density at radius 1 is 0.842 bits per heavy atom. The molecule has 198 valence electrons. The largest absolute Gasteiger partial charge is 0.353 e. The highest BCUT2D eigenvalue weighted by Crippen LogP contribution is 2.37. The lowest BCUT2D eigenvalue weighted by Crippen LogP contribution is -2.48. The summed E-state index contributed by atoms with van der Waals surface area (Å²) in [6, 6.07) is 22.4. The Morgan fingerprint density at radius 3 is 2.21 bits per heavy atom. The molecule has 1 N–H and O–H groups in total. The van der Waals surface area contributed by atoms with E-state index in [4.69, 9.17) is 0 Å². The van der Waals surface area contributed by atoms with Crippen LogP contribution < -0.4 is 5.32 Å². The number of carbonyl (C=O) groups is 1. The predicted molar refractivity (Wildman–Crippen MR) is 155 cm³/mol. The molecule has 1 fully saturated rings. The molecule has 0 bridgehead atoms. The minimum absolute atomic E-state index is 0.0364. The maximum absolute atomic E-state index is 12.0. The normalized spacial score (nSPS) is 16.6. The summed E-state index contributed by atoms with van der Waals surface area (Å²) in [5, 5.41) is 2.99. The summed E-state index contributed by atoms with van der Waals surface area (Å²) in [7, 11) is 0. The second kappa shape index (κ2) is 13.5. The third-order valence-corrected chi connectivity index (χ3v) is 7.95. The van der Waals surface area contributed by atoms with Gasteiger partial charge in [0, 0.05) is 51.2 Å². The van der Waals surface area contributed by atoms with E-state index in [2.05, 4.69) is 68.6 Å². The molecule has 0 atom stereocenters. The minimum atomic E-state index is -0.0364. The highest BCUT2D eigenvalue weighted by molar-refractivity contribution is 5.91. The Hall–Kier alpha value is -3.28. The number of amides is 1. The van der Waals surface area contributed by atoms with E-state index in [0.29, 0.717) is 6.04 Å². The number of pyridine rings is 1. The van der Waals surface area contributed by atoms with E-state index in [1.54, 1.807) is 24.5 Å². The molecule has 1 aliphatic heterocycles. The van der Waals surface area contributed by atoms with Gasteiger partial charge in [0.15, 0.2) is 0 Å². The average Bonchev–Trinajstić information content (AvgIpc) is 3.13. The number of aryl methyl sites for hydroxylation is 2. The van der Waals surface area contributed by atoms with Crippen LogP contribution in [0.15, 0.2) is 79.1 Å². The lowest BCUT2D eigenvalue weighted by molar-refractivity contribution is -0.116. The van der Waals surface area contributed by atoms with Gasteiger partial charge in [-0.25, -0.2) is 0 Å². The Bertz CT molecular complexity index is 1150. The predicted octanol–water partition coefficient (Wildman–Crippen LogP) is 5.28. The summed E-state index contributed by atoms with van der Waals surface area (Å²) >= 11 is 0. The summed E-state index contributed by atoms with van der Waals surface area (Å²) in [6.07, 6.45) is 13.8. The van der Waals surface area contributed by atoms with Crippen LogP contribution in [0.25, 0.3) is 6.08 Å². The molecule has 1 aliphatic carbocycles. The van der Waals surface area contributed by atoms with E-state index in [1.807, 2.05) is 12.1 Å². The summed E-state index contributed by atoms with van der Waals surface area (Å²) in [5.74, 6) is -0.0364. The molecule has 0 radical (unpaired) electrons. The number of hydrogen-bond acceptors (Lipinski definition) is 4. The van der Waals surface area contributed by atoms with Gasteiger partial charge < -0.3 is 10.2 Å². The van der Waals surface area contributed by atoms with Crippen molar-refractivity contribution in [1.29, 1.82) is 0 Å². The quantitative estimate of drug-likeness (QED) is 0.299. The van der Waals surface area contributed by atoms with E-state index in [1.165, 1.54) is 41.6 Å². The molecule has 1 aromatic heterocycles. The molecule has 3 aromatic rings. The second-order valence-electron chi connectivity index (χ2n) is 10.5. The molecular weight excluding hydrogens is 468 g/mol. The summed E-state index contributed by atoms with van der Waals surface area (Å²) in [4.78, 5) is 21.4. The van der Waals surface area contributed by atoms with Crippen molar-refractivity contribution < 1.29 is 4.79 Å². The highest BCUT2D eigenvalue weighted by Gasteiger charge is 2.30. The molecule has 2 aromatic carbocycles. The van der Waals surface area contributed by atoms with Crippen LogP contribution in [0.5, 0.6) is 0 Å². The molecule has 5 rings (SSSR count). The van der Waals surface area contributed by atoms with Crippen LogP contribution in [-0.2, 0) is 17.6 Å². The van der Waals surface area contributed by atoms with Gasteiger partial charge in [-0.15, -0.1) is 0 Å². The number of hydrogen-bond donors (Lipinski definition) is 1. The van der Waals surface area contributed by atoms with E-state index in [0.717, 1.165) is 64.0 Å². The Balaban J connectivity index is 1.02. The third-order valence-electron chi connectivity index (χ3n) is 7.95. The molecule has 0 unspecified atom stereocenters.